The van der Waals surface area contributed by atoms with Crippen molar-refractivity contribution in [1.82, 2.24) is 20.3 Å². The second kappa shape index (κ2) is 6.42. The van der Waals surface area contributed by atoms with Crippen LogP contribution in [0, 0.1) is 6.92 Å². The van der Waals surface area contributed by atoms with Crippen LogP contribution < -0.4 is 10.1 Å². The largest absolute Gasteiger partial charge is 0.476 e. The molecule has 18 heavy (non-hydrogen) atoms. The predicted molar refractivity (Wildman–Crippen MR) is 70.8 cm³/mol. The average Bonchev–Trinajstić information content (AvgIpc) is 2.76. The molecule has 5 nitrogen and oxygen atoms in total. The van der Waals surface area contributed by atoms with Gasteiger partial charge in [-0.25, -0.2) is 9.97 Å². The zero-order chi connectivity index (χ0) is 12.8. The van der Waals surface area contributed by atoms with Crippen LogP contribution in [0.1, 0.15) is 16.3 Å². The molecule has 6 heteroatoms. The highest BCUT2D eigenvalue weighted by atomic mass is 32.1. The van der Waals surface area contributed by atoms with E-state index in [1.54, 1.807) is 23.7 Å². The first kappa shape index (κ1) is 12.9. The van der Waals surface area contributed by atoms with Gasteiger partial charge in [0.15, 0.2) is 0 Å². The van der Waals surface area contributed by atoms with Crippen molar-refractivity contribution in [3.63, 3.8) is 0 Å². The SMILES string of the molecule is CNCc1cncc(OCCc2scnc2C)n1. The van der Waals surface area contributed by atoms with Gasteiger partial charge in [0.05, 0.1) is 29.7 Å². The van der Waals surface area contributed by atoms with Crippen molar-refractivity contribution >= 4 is 11.3 Å². The molecule has 0 aromatic carbocycles. The summed E-state index contributed by atoms with van der Waals surface area (Å²) in [4.78, 5) is 13.9. The number of nitrogens with zero attached hydrogens (tertiary/aromatic N) is 3. The molecule has 0 amide bonds. The molecule has 0 spiro atoms. The summed E-state index contributed by atoms with van der Waals surface area (Å²) in [5, 5.41) is 3.03. The van der Waals surface area contributed by atoms with Gasteiger partial charge in [0.2, 0.25) is 5.88 Å². The Kier molecular flexibility index (Phi) is 4.60. The van der Waals surface area contributed by atoms with Gasteiger partial charge in [-0.3, -0.25) is 4.98 Å². The number of ether oxygens (including phenoxy) is 1. The number of aryl methyl sites for hydroxylation is 1. The van der Waals surface area contributed by atoms with E-state index in [1.165, 1.54) is 4.88 Å². The molecule has 2 rings (SSSR count). The number of thiazole rings is 1. The van der Waals surface area contributed by atoms with Crippen molar-refractivity contribution in [3.8, 4) is 5.88 Å². The molecule has 0 unspecified atom stereocenters. The maximum atomic E-state index is 5.60. The van der Waals surface area contributed by atoms with E-state index in [-0.39, 0.29) is 0 Å². The van der Waals surface area contributed by atoms with Crippen molar-refractivity contribution in [2.45, 2.75) is 19.9 Å². The molecular weight excluding hydrogens is 248 g/mol. The summed E-state index contributed by atoms with van der Waals surface area (Å²) in [6, 6.07) is 0. The Morgan fingerprint density at radius 2 is 2.28 bits per heavy atom. The Bertz CT molecular complexity index is 500. The van der Waals surface area contributed by atoms with E-state index in [9.17, 15) is 0 Å². The molecule has 0 saturated heterocycles. The standard InChI is InChI=1S/C12H16N4OS/c1-9-11(18-8-15-9)3-4-17-12-7-14-6-10(16-12)5-13-2/h6-8,13H,3-5H2,1-2H3. The van der Waals surface area contributed by atoms with E-state index < -0.39 is 0 Å². The first-order chi connectivity index (χ1) is 8.79. The molecule has 0 aliphatic heterocycles. The van der Waals surface area contributed by atoms with Crippen molar-refractivity contribution < 1.29 is 4.74 Å². The van der Waals surface area contributed by atoms with Crippen molar-refractivity contribution in [3.05, 3.63) is 34.2 Å². The van der Waals surface area contributed by atoms with Crippen LogP contribution in [0.4, 0.5) is 0 Å². The average molecular weight is 264 g/mol. The van der Waals surface area contributed by atoms with E-state index >= 15 is 0 Å². The van der Waals surface area contributed by atoms with Crippen LogP contribution in [0.5, 0.6) is 5.88 Å². The summed E-state index contributed by atoms with van der Waals surface area (Å²) < 4.78 is 5.60. The molecular formula is C12H16N4OS. The molecule has 1 N–H and O–H groups in total. The molecule has 0 bridgehead atoms. The van der Waals surface area contributed by atoms with Crippen LogP contribution in [0.25, 0.3) is 0 Å². The first-order valence-corrected chi connectivity index (χ1v) is 6.65. The number of aromatic nitrogens is 3. The Labute approximate surface area is 110 Å². The zero-order valence-corrected chi connectivity index (χ0v) is 11.3. The minimum atomic E-state index is 0.574. The summed E-state index contributed by atoms with van der Waals surface area (Å²) in [6.07, 6.45) is 4.23. The van der Waals surface area contributed by atoms with Gasteiger partial charge >= 0.3 is 0 Å². The Morgan fingerprint density at radius 3 is 3.00 bits per heavy atom. The van der Waals surface area contributed by atoms with E-state index in [4.69, 9.17) is 4.74 Å². The lowest BCUT2D eigenvalue weighted by Gasteiger charge is -2.05. The van der Waals surface area contributed by atoms with Crippen molar-refractivity contribution in [1.29, 1.82) is 0 Å². The molecule has 0 radical (unpaired) electrons. The second-order valence-corrected chi connectivity index (χ2v) is 4.78. The molecule has 2 aromatic rings. The summed E-state index contributed by atoms with van der Waals surface area (Å²) >= 11 is 1.66. The number of hydrogen-bond donors (Lipinski definition) is 1. The lowest BCUT2D eigenvalue weighted by atomic mass is 10.3. The van der Waals surface area contributed by atoms with Crippen LogP contribution >= 0.6 is 11.3 Å². The van der Waals surface area contributed by atoms with Crippen LogP contribution in [-0.4, -0.2) is 28.6 Å². The summed E-state index contributed by atoms with van der Waals surface area (Å²) in [6.45, 7) is 3.30. The van der Waals surface area contributed by atoms with Crippen molar-refractivity contribution in [2.75, 3.05) is 13.7 Å². The third kappa shape index (κ3) is 3.48. The topological polar surface area (TPSA) is 59.9 Å². The van der Waals surface area contributed by atoms with E-state index in [0.29, 0.717) is 19.0 Å². The molecule has 0 aliphatic carbocycles. The van der Waals surface area contributed by atoms with Crippen molar-refractivity contribution in [2.24, 2.45) is 0 Å². The van der Waals surface area contributed by atoms with Crippen LogP contribution in [0.3, 0.4) is 0 Å². The first-order valence-electron chi connectivity index (χ1n) is 5.77. The molecule has 2 aromatic heterocycles. The van der Waals surface area contributed by atoms with Gasteiger partial charge in [0.25, 0.3) is 0 Å². The van der Waals surface area contributed by atoms with Crippen LogP contribution in [-0.2, 0) is 13.0 Å². The molecule has 2 heterocycles. The normalized spacial score (nSPS) is 10.6. The fourth-order valence-corrected chi connectivity index (χ4v) is 2.30. The molecule has 0 aliphatic rings. The zero-order valence-electron chi connectivity index (χ0n) is 10.5. The third-order valence-corrected chi connectivity index (χ3v) is 3.44. The van der Waals surface area contributed by atoms with Crippen LogP contribution in [0.15, 0.2) is 17.9 Å². The van der Waals surface area contributed by atoms with Gasteiger partial charge in [-0.15, -0.1) is 11.3 Å². The number of rotatable bonds is 6. The quantitative estimate of drug-likeness (QED) is 0.858. The monoisotopic (exact) mass is 264 g/mol. The number of nitrogens with one attached hydrogen (secondary N) is 1. The Balaban J connectivity index is 1.86. The fraction of sp³-hybridized carbons (Fsp3) is 0.417. The van der Waals surface area contributed by atoms with Crippen LogP contribution in [0.2, 0.25) is 0 Å². The van der Waals surface area contributed by atoms with Gasteiger partial charge in [-0.1, -0.05) is 0 Å². The fourth-order valence-electron chi connectivity index (χ4n) is 1.54. The van der Waals surface area contributed by atoms with E-state index in [0.717, 1.165) is 17.8 Å². The maximum Gasteiger partial charge on any atom is 0.232 e. The smallest absolute Gasteiger partial charge is 0.232 e. The molecule has 96 valence electrons. The summed E-state index contributed by atoms with van der Waals surface area (Å²) in [7, 11) is 1.88. The Morgan fingerprint density at radius 1 is 1.39 bits per heavy atom. The lowest BCUT2D eigenvalue weighted by molar-refractivity contribution is 0.307. The van der Waals surface area contributed by atoms with Gasteiger partial charge < -0.3 is 10.1 Å². The summed E-state index contributed by atoms with van der Waals surface area (Å²) in [5.41, 5.74) is 3.82. The Hall–Kier alpha value is -1.53. The molecule has 0 atom stereocenters. The lowest BCUT2D eigenvalue weighted by Crippen LogP contribution is -2.09. The molecule has 0 fully saturated rings. The minimum absolute atomic E-state index is 0.574. The van der Waals surface area contributed by atoms with Gasteiger partial charge in [-0.2, -0.15) is 0 Å². The molecule has 0 saturated carbocycles. The number of hydrogen-bond acceptors (Lipinski definition) is 6. The maximum absolute atomic E-state index is 5.60. The van der Waals surface area contributed by atoms with Gasteiger partial charge in [0, 0.05) is 24.0 Å². The highest BCUT2D eigenvalue weighted by Crippen LogP contribution is 2.13. The van der Waals surface area contributed by atoms with Gasteiger partial charge in [-0.05, 0) is 14.0 Å². The highest BCUT2D eigenvalue weighted by molar-refractivity contribution is 7.09. The third-order valence-electron chi connectivity index (χ3n) is 2.44. The predicted octanol–water partition coefficient (Wildman–Crippen LogP) is 1.58. The van der Waals surface area contributed by atoms with E-state index in [1.807, 2.05) is 19.5 Å². The van der Waals surface area contributed by atoms with E-state index in [2.05, 4.69) is 20.3 Å². The van der Waals surface area contributed by atoms with Gasteiger partial charge in [0.1, 0.15) is 0 Å². The highest BCUT2D eigenvalue weighted by Gasteiger charge is 2.03. The minimum Gasteiger partial charge on any atom is -0.476 e. The second-order valence-electron chi connectivity index (χ2n) is 3.84. The summed E-state index contributed by atoms with van der Waals surface area (Å²) in [5.74, 6) is 0.574.